The maximum absolute atomic E-state index is 13.4. The SMILES string of the molecule is N=C(Nc1ccc(F)c(Br)c1)C(=O)C1CCN(C(=O)Nc2ccc(C(=N)/C=C\N)cc2)CC1. The summed E-state index contributed by atoms with van der Waals surface area (Å²) in [5.41, 5.74) is 7.29. The van der Waals surface area contributed by atoms with Gasteiger partial charge in [0.05, 0.1) is 10.2 Å². The molecule has 2 aromatic carbocycles. The highest BCUT2D eigenvalue weighted by molar-refractivity contribution is 9.10. The molecule has 2 amide bonds. The van der Waals surface area contributed by atoms with E-state index in [0.29, 0.717) is 42.9 Å². The van der Waals surface area contributed by atoms with E-state index in [2.05, 4.69) is 26.6 Å². The predicted octanol–water partition coefficient (Wildman–Crippen LogP) is 4.33. The number of allylic oxidation sites excluding steroid dienone is 1. The molecule has 0 spiro atoms. The molecule has 10 heteroatoms. The first-order valence-corrected chi connectivity index (χ1v) is 11.1. The second-order valence-corrected chi connectivity index (χ2v) is 8.39. The fourth-order valence-electron chi connectivity index (χ4n) is 3.46. The molecule has 3 rings (SSSR count). The van der Waals surface area contributed by atoms with Gasteiger partial charge in [-0.1, -0.05) is 12.1 Å². The molecule has 1 heterocycles. The molecule has 6 N–H and O–H groups in total. The van der Waals surface area contributed by atoms with Crippen molar-refractivity contribution in [3.05, 3.63) is 70.6 Å². The van der Waals surface area contributed by atoms with Gasteiger partial charge in [0.1, 0.15) is 5.82 Å². The van der Waals surface area contributed by atoms with Crippen molar-refractivity contribution in [2.45, 2.75) is 12.8 Å². The Morgan fingerprint density at radius 3 is 2.30 bits per heavy atom. The molecule has 8 nitrogen and oxygen atoms in total. The van der Waals surface area contributed by atoms with Gasteiger partial charge in [-0.15, -0.1) is 0 Å². The van der Waals surface area contributed by atoms with Gasteiger partial charge in [-0.25, -0.2) is 9.18 Å². The molecule has 1 aliphatic heterocycles. The Bertz CT molecular complexity index is 1090. The highest BCUT2D eigenvalue weighted by Gasteiger charge is 2.29. The largest absolute Gasteiger partial charge is 0.405 e. The van der Waals surface area contributed by atoms with Crippen molar-refractivity contribution in [2.75, 3.05) is 23.7 Å². The normalized spacial score (nSPS) is 14.2. The van der Waals surface area contributed by atoms with Crippen LogP contribution < -0.4 is 16.4 Å². The van der Waals surface area contributed by atoms with E-state index in [1.54, 1.807) is 29.2 Å². The lowest BCUT2D eigenvalue weighted by Crippen LogP contribution is -2.44. The van der Waals surface area contributed by atoms with Gasteiger partial charge in [0.25, 0.3) is 0 Å². The van der Waals surface area contributed by atoms with Crippen molar-refractivity contribution < 1.29 is 14.0 Å². The van der Waals surface area contributed by atoms with E-state index < -0.39 is 5.82 Å². The van der Waals surface area contributed by atoms with E-state index in [9.17, 15) is 14.0 Å². The molecule has 0 bridgehead atoms. The number of carbonyl (C=O) groups is 2. The van der Waals surface area contributed by atoms with Gasteiger partial charge in [-0.05, 0) is 76.9 Å². The van der Waals surface area contributed by atoms with Crippen LogP contribution in [0.1, 0.15) is 18.4 Å². The number of hydrogen-bond donors (Lipinski definition) is 5. The summed E-state index contributed by atoms with van der Waals surface area (Å²) in [4.78, 5) is 26.8. The van der Waals surface area contributed by atoms with E-state index in [-0.39, 0.29) is 33.8 Å². The number of nitrogens with one attached hydrogen (secondary N) is 4. The van der Waals surface area contributed by atoms with Gasteiger partial charge in [-0.3, -0.25) is 10.2 Å². The maximum atomic E-state index is 13.4. The molecule has 1 fully saturated rings. The third-order valence-corrected chi connectivity index (χ3v) is 5.91. The summed E-state index contributed by atoms with van der Waals surface area (Å²) < 4.78 is 13.6. The average molecular weight is 515 g/mol. The zero-order valence-corrected chi connectivity index (χ0v) is 19.3. The topological polar surface area (TPSA) is 135 Å². The summed E-state index contributed by atoms with van der Waals surface area (Å²) in [6.07, 6.45) is 3.68. The molecular weight excluding hydrogens is 491 g/mol. The number of hydrogen-bond acceptors (Lipinski definition) is 5. The van der Waals surface area contributed by atoms with Gasteiger partial charge >= 0.3 is 6.03 Å². The molecule has 0 saturated carbocycles. The number of nitrogens with two attached hydrogens (primary N) is 1. The van der Waals surface area contributed by atoms with E-state index in [4.69, 9.17) is 16.6 Å². The van der Waals surface area contributed by atoms with E-state index >= 15 is 0 Å². The van der Waals surface area contributed by atoms with Crippen LogP contribution in [0.15, 0.2) is 59.2 Å². The van der Waals surface area contributed by atoms with Crippen LogP contribution in [0.3, 0.4) is 0 Å². The number of halogens is 2. The smallest absolute Gasteiger partial charge is 0.321 e. The molecule has 2 aromatic rings. The average Bonchev–Trinajstić information content (AvgIpc) is 2.81. The zero-order valence-electron chi connectivity index (χ0n) is 17.7. The van der Waals surface area contributed by atoms with Crippen LogP contribution in [0.2, 0.25) is 0 Å². The van der Waals surface area contributed by atoms with Crippen LogP contribution in [-0.2, 0) is 4.79 Å². The molecule has 0 radical (unpaired) electrons. The van der Waals surface area contributed by atoms with E-state index in [0.717, 1.165) is 0 Å². The van der Waals surface area contributed by atoms with E-state index in [1.807, 2.05) is 0 Å². The van der Waals surface area contributed by atoms with Crippen LogP contribution in [0, 0.1) is 22.6 Å². The fourth-order valence-corrected chi connectivity index (χ4v) is 3.84. The molecule has 0 aromatic heterocycles. The van der Waals surface area contributed by atoms with Crippen LogP contribution in [-0.4, -0.2) is 41.4 Å². The summed E-state index contributed by atoms with van der Waals surface area (Å²) in [5, 5.41) is 21.4. The van der Waals surface area contributed by atoms with Crippen molar-refractivity contribution >= 4 is 50.7 Å². The van der Waals surface area contributed by atoms with E-state index in [1.165, 1.54) is 30.5 Å². The minimum absolute atomic E-state index is 0.243. The van der Waals surface area contributed by atoms with Gasteiger partial charge in [0.15, 0.2) is 5.84 Å². The Morgan fingerprint density at radius 1 is 1.06 bits per heavy atom. The monoisotopic (exact) mass is 514 g/mol. The number of amidine groups is 1. The molecule has 172 valence electrons. The maximum Gasteiger partial charge on any atom is 0.321 e. The summed E-state index contributed by atoms with van der Waals surface area (Å²) in [6, 6.07) is 10.8. The Hall–Kier alpha value is -3.53. The number of carbonyl (C=O) groups excluding carboxylic acids is 2. The van der Waals surface area contributed by atoms with Crippen LogP contribution >= 0.6 is 15.9 Å². The number of ketones is 1. The van der Waals surface area contributed by atoms with Crippen molar-refractivity contribution in [1.82, 2.24) is 4.90 Å². The predicted molar refractivity (Wildman–Crippen MR) is 130 cm³/mol. The standard InChI is InChI=1S/C23H24BrFN6O2/c24-18-13-17(5-6-19(18)25)29-22(28)21(32)15-8-11-31(12-9-15)23(33)30-16-3-1-14(2-4-16)20(27)7-10-26/h1-7,10,13,15,27H,8-9,11-12,26H2,(H2,28,29)(H,30,33)/b10-7-,27-20?. The zero-order chi connectivity index (χ0) is 24.0. The molecule has 1 aliphatic rings. The van der Waals surface area contributed by atoms with Crippen LogP contribution in [0.4, 0.5) is 20.6 Å². The Balaban J connectivity index is 1.49. The summed E-state index contributed by atoms with van der Waals surface area (Å²) in [5.74, 6) is -1.38. The fraction of sp³-hybridized carbons (Fsp3) is 0.217. The Labute approximate surface area is 199 Å². The lowest BCUT2D eigenvalue weighted by Gasteiger charge is -2.31. The number of rotatable bonds is 6. The van der Waals surface area contributed by atoms with Crippen LogP contribution in [0.25, 0.3) is 0 Å². The first-order valence-electron chi connectivity index (χ1n) is 10.3. The number of urea groups is 1. The lowest BCUT2D eigenvalue weighted by atomic mass is 9.92. The second kappa shape index (κ2) is 10.9. The van der Waals surface area contributed by atoms with Crippen molar-refractivity contribution in [3.8, 4) is 0 Å². The minimum atomic E-state index is -0.428. The first-order chi connectivity index (χ1) is 15.8. The van der Waals surface area contributed by atoms with Crippen LogP contribution in [0.5, 0.6) is 0 Å². The number of likely N-dealkylation sites (tertiary alicyclic amines) is 1. The van der Waals surface area contributed by atoms with Crippen molar-refractivity contribution in [1.29, 1.82) is 10.8 Å². The minimum Gasteiger partial charge on any atom is -0.405 e. The number of Topliss-reactive ketones (excluding diaryl/α,β-unsaturated/α-hetero) is 1. The molecule has 33 heavy (non-hydrogen) atoms. The summed E-state index contributed by atoms with van der Waals surface area (Å²) >= 11 is 3.08. The lowest BCUT2D eigenvalue weighted by molar-refractivity contribution is -0.117. The van der Waals surface area contributed by atoms with Gasteiger partial charge in [0, 0.05) is 30.4 Å². The Morgan fingerprint density at radius 2 is 1.70 bits per heavy atom. The van der Waals surface area contributed by atoms with Gasteiger partial charge in [0.2, 0.25) is 5.78 Å². The third kappa shape index (κ3) is 6.26. The number of benzene rings is 2. The Kier molecular flexibility index (Phi) is 7.94. The summed E-state index contributed by atoms with van der Waals surface area (Å²) in [7, 11) is 0. The molecule has 1 saturated heterocycles. The number of piperidine rings is 1. The molecule has 0 aliphatic carbocycles. The molecule has 0 unspecified atom stereocenters. The van der Waals surface area contributed by atoms with Crippen molar-refractivity contribution in [2.24, 2.45) is 11.7 Å². The van der Waals surface area contributed by atoms with Gasteiger partial charge < -0.3 is 26.7 Å². The van der Waals surface area contributed by atoms with Crippen molar-refractivity contribution in [3.63, 3.8) is 0 Å². The number of nitrogens with zero attached hydrogens (tertiary/aromatic N) is 1. The summed E-state index contributed by atoms with van der Waals surface area (Å²) in [6.45, 7) is 0.781. The highest BCUT2D eigenvalue weighted by atomic mass is 79.9. The molecular formula is C23H24BrFN6O2. The second-order valence-electron chi connectivity index (χ2n) is 7.53. The highest BCUT2D eigenvalue weighted by Crippen LogP contribution is 2.23. The molecule has 0 atom stereocenters. The first kappa shape index (κ1) is 24.1. The number of amides is 2. The number of anilines is 2. The van der Waals surface area contributed by atoms with Gasteiger partial charge in [-0.2, -0.15) is 0 Å². The quantitative estimate of drug-likeness (QED) is 0.289. The third-order valence-electron chi connectivity index (χ3n) is 5.30.